The average molecular weight is 210 g/mol. The molecule has 0 bridgehead atoms. The van der Waals surface area contributed by atoms with E-state index >= 15 is 0 Å². The summed E-state index contributed by atoms with van der Waals surface area (Å²) >= 11 is 0. The van der Waals surface area contributed by atoms with Crippen LogP contribution in [0.25, 0.3) is 0 Å². The minimum Gasteiger partial charge on any atom is -0.133 e. The smallest absolute Gasteiger partial charge is 0.0129 e. The van der Waals surface area contributed by atoms with Crippen molar-refractivity contribution in [2.45, 2.75) is 66.7 Å². The zero-order valence-electron chi connectivity index (χ0n) is 11.5. The van der Waals surface area contributed by atoms with Gasteiger partial charge in [0.2, 0.25) is 0 Å². The summed E-state index contributed by atoms with van der Waals surface area (Å²) in [7, 11) is 0. The maximum atomic E-state index is 3.64. The van der Waals surface area contributed by atoms with E-state index in [1.165, 1.54) is 32.1 Å². The van der Waals surface area contributed by atoms with Crippen molar-refractivity contribution >= 4 is 0 Å². The van der Waals surface area contributed by atoms with Gasteiger partial charge in [-0.2, -0.15) is 0 Å². The number of hydrogen-bond donors (Lipinski definition) is 0. The molecule has 0 N–H and O–H groups in total. The summed E-state index contributed by atoms with van der Waals surface area (Å²) in [6.45, 7) is 13.9. The van der Waals surface area contributed by atoms with Crippen LogP contribution in [0.1, 0.15) is 66.7 Å². The lowest BCUT2D eigenvalue weighted by Gasteiger charge is -2.13. The quantitative estimate of drug-likeness (QED) is 0.532. The lowest BCUT2D eigenvalue weighted by atomic mass is 9.92. The zero-order valence-corrected chi connectivity index (χ0v) is 11.5. The summed E-state index contributed by atoms with van der Waals surface area (Å²) in [5.74, 6) is 1.74. The molecule has 1 fully saturated rings. The van der Waals surface area contributed by atoms with Crippen LogP contribution < -0.4 is 0 Å². The fourth-order valence-corrected chi connectivity index (χ4v) is 2.17. The van der Waals surface area contributed by atoms with Crippen LogP contribution in [0, 0.1) is 11.8 Å². The summed E-state index contributed by atoms with van der Waals surface area (Å²) in [6, 6.07) is 0. The third-order valence-corrected chi connectivity index (χ3v) is 2.71. The fourth-order valence-electron chi connectivity index (χ4n) is 2.17. The first-order valence-electron chi connectivity index (χ1n) is 6.74. The van der Waals surface area contributed by atoms with Crippen LogP contribution in [0.3, 0.4) is 0 Å². The second-order valence-corrected chi connectivity index (χ2v) is 3.51. The Labute approximate surface area is 97.5 Å². The normalized spacial score (nSPS) is 22.7. The van der Waals surface area contributed by atoms with Gasteiger partial charge >= 0.3 is 0 Å². The van der Waals surface area contributed by atoms with Gasteiger partial charge in [-0.15, -0.1) is 5.73 Å². The van der Waals surface area contributed by atoms with Gasteiger partial charge in [0.15, 0.2) is 0 Å². The predicted molar refractivity (Wildman–Crippen MR) is 72.1 cm³/mol. The topological polar surface area (TPSA) is 0 Å². The van der Waals surface area contributed by atoms with Gasteiger partial charge in [-0.3, -0.25) is 0 Å². The van der Waals surface area contributed by atoms with Crippen LogP contribution >= 0.6 is 0 Å². The van der Waals surface area contributed by atoms with E-state index in [1.54, 1.807) is 0 Å². The van der Waals surface area contributed by atoms with Crippen LogP contribution in [-0.4, -0.2) is 0 Å². The highest BCUT2D eigenvalue weighted by Gasteiger charge is 2.23. The van der Waals surface area contributed by atoms with Crippen molar-refractivity contribution in [2.75, 3.05) is 0 Å². The molecule has 0 aliphatic heterocycles. The highest BCUT2D eigenvalue weighted by Crippen LogP contribution is 2.35. The Balaban J connectivity index is 0. The van der Waals surface area contributed by atoms with Crippen LogP contribution in [0.2, 0.25) is 0 Å². The van der Waals surface area contributed by atoms with Crippen molar-refractivity contribution in [3.05, 3.63) is 18.4 Å². The predicted octanol–water partition coefficient (Wildman–Crippen LogP) is 5.60. The molecule has 1 saturated carbocycles. The molecule has 1 aliphatic rings. The second kappa shape index (κ2) is 13.5. The molecule has 0 aromatic rings. The Morgan fingerprint density at radius 1 is 1.20 bits per heavy atom. The van der Waals surface area contributed by atoms with E-state index in [-0.39, 0.29) is 0 Å². The third kappa shape index (κ3) is 7.45. The minimum atomic E-state index is 0.799. The number of allylic oxidation sites excluding steroid dienone is 1. The maximum Gasteiger partial charge on any atom is -0.0129 e. The average Bonchev–Trinajstić information content (AvgIpc) is 2.73. The van der Waals surface area contributed by atoms with E-state index in [1.807, 2.05) is 27.7 Å². The molecule has 0 saturated heterocycles. The van der Waals surface area contributed by atoms with E-state index in [4.69, 9.17) is 0 Å². The van der Waals surface area contributed by atoms with Gasteiger partial charge < -0.3 is 0 Å². The summed E-state index contributed by atoms with van der Waals surface area (Å²) in [4.78, 5) is 0. The third-order valence-electron chi connectivity index (χ3n) is 2.71. The van der Waals surface area contributed by atoms with E-state index in [9.17, 15) is 0 Å². The minimum absolute atomic E-state index is 0.799. The lowest BCUT2D eigenvalue weighted by molar-refractivity contribution is 0.422. The molecule has 0 heterocycles. The Bertz CT molecular complexity index is 151. The molecule has 15 heavy (non-hydrogen) atoms. The first-order valence-corrected chi connectivity index (χ1v) is 6.74. The van der Waals surface area contributed by atoms with Gasteiger partial charge in [-0.25, -0.2) is 0 Å². The van der Waals surface area contributed by atoms with E-state index in [2.05, 4.69) is 25.3 Å². The van der Waals surface area contributed by atoms with Gasteiger partial charge in [0, 0.05) is 0 Å². The summed E-state index contributed by atoms with van der Waals surface area (Å²) in [5, 5.41) is 0. The first-order chi connectivity index (χ1) is 7.38. The monoisotopic (exact) mass is 210 g/mol. The SMILES string of the molecule is C=C=CC1CCCC1CCC.CC.CC. The molecular weight excluding hydrogens is 180 g/mol. The largest absolute Gasteiger partial charge is 0.133 e. The molecule has 0 aromatic heterocycles. The van der Waals surface area contributed by atoms with Crippen molar-refractivity contribution in [3.8, 4) is 0 Å². The van der Waals surface area contributed by atoms with E-state index < -0.39 is 0 Å². The molecule has 0 radical (unpaired) electrons. The van der Waals surface area contributed by atoms with Gasteiger partial charge in [0.1, 0.15) is 0 Å². The molecule has 1 rings (SSSR count). The Hall–Kier alpha value is -0.480. The highest BCUT2D eigenvalue weighted by atomic mass is 14.3. The second-order valence-electron chi connectivity index (χ2n) is 3.51. The molecule has 0 heteroatoms. The lowest BCUT2D eigenvalue weighted by Crippen LogP contribution is -2.03. The molecule has 2 unspecified atom stereocenters. The van der Waals surface area contributed by atoms with Gasteiger partial charge in [-0.05, 0) is 30.8 Å². The highest BCUT2D eigenvalue weighted by molar-refractivity contribution is 4.92. The molecule has 90 valence electrons. The first kappa shape index (κ1) is 16.9. The van der Waals surface area contributed by atoms with Crippen molar-refractivity contribution in [1.82, 2.24) is 0 Å². The number of rotatable bonds is 3. The van der Waals surface area contributed by atoms with Crippen molar-refractivity contribution in [3.63, 3.8) is 0 Å². The Morgan fingerprint density at radius 2 is 1.80 bits per heavy atom. The zero-order chi connectivity index (χ0) is 12.1. The van der Waals surface area contributed by atoms with Gasteiger partial charge in [-0.1, -0.05) is 60.5 Å². The summed E-state index contributed by atoms with van der Waals surface area (Å²) < 4.78 is 0. The fraction of sp³-hybridized carbons (Fsp3) is 0.800. The molecular formula is C15H30. The summed E-state index contributed by atoms with van der Waals surface area (Å²) in [6.07, 6.45) is 9.10. The van der Waals surface area contributed by atoms with Gasteiger partial charge in [0.25, 0.3) is 0 Å². The van der Waals surface area contributed by atoms with Crippen LogP contribution in [0.15, 0.2) is 18.4 Å². The van der Waals surface area contributed by atoms with Crippen molar-refractivity contribution in [1.29, 1.82) is 0 Å². The molecule has 2 atom stereocenters. The number of hydrogen-bond acceptors (Lipinski definition) is 0. The standard InChI is InChI=1S/C11H18.2C2H6/c1-3-6-10-8-5-9-11(10)7-4-2;2*1-2/h6,10-11H,1,4-5,7-9H2,2H3;2*1-2H3. The molecule has 0 nitrogen and oxygen atoms in total. The Kier molecular flexibility index (Phi) is 15.3. The van der Waals surface area contributed by atoms with Crippen LogP contribution in [0.4, 0.5) is 0 Å². The molecule has 0 amide bonds. The van der Waals surface area contributed by atoms with E-state index in [0.717, 1.165) is 11.8 Å². The van der Waals surface area contributed by atoms with Crippen molar-refractivity contribution in [2.24, 2.45) is 11.8 Å². The maximum absolute atomic E-state index is 3.64. The molecule has 0 spiro atoms. The van der Waals surface area contributed by atoms with Crippen molar-refractivity contribution < 1.29 is 0 Å². The Morgan fingerprint density at radius 3 is 2.27 bits per heavy atom. The summed E-state index contributed by atoms with van der Waals surface area (Å²) in [5.41, 5.74) is 2.92. The van der Waals surface area contributed by atoms with Crippen LogP contribution in [0.5, 0.6) is 0 Å². The molecule has 1 aliphatic carbocycles. The molecule has 0 aromatic carbocycles. The van der Waals surface area contributed by atoms with Crippen LogP contribution in [-0.2, 0) is 0 Å². The van der Waals surface area contributed by atoms with E-state index in [0.29, 0.717) is 0 Å². The van der Waals surface area contributed by atoms with Gasteiger partial charge in [0.05, 0.1) is 0 Å².